The maximum atomic E-state index is 14.2. The van der Waals surface area contributed by atoms with E-state index in [0.717, 1.165) is 0 Å². The lowest BCUT2D eigenvalue weighted by atomic mass is 9.96. The second-order valence-electron chi connectivity index (χ2n) is 37.6. The van der Waals surface area contributed by atoms with Crippen LogP contribution in [0.3, 0.4) is 0 Å². The minimum absolute atomic E-state index is 0.0346. The molecule has 6 bridgehead atoms. The molecular weight excluding hydrogens is 1890 g/mol. The fourth-order valence-corrected chi connectivity index (χ4v) is 20.3. The standard InChI is InChI=1S/C42H55N10O7P.C31H34N8O6.C29H31N7O5/c1-11-42-24-49(40(54)45-27(4)5)33(34(42)59-60(56-23-22-43-10)52(28(6)7)29(8)9)38(58-42)50-25-44-32-35(50)46-39(47-36(53)26(2)3)48-37(32)57-41(55)51(30-18-14-12-15-19-30)31-20-16-13-17-21-31;1-5-31-16-37(29(42)32-4)22(23(31)40)27(45-31)38-17-33-21-24(38)34-28(35-25(41)18(2)3)36-26(21)44-30(43)39(19-12-8-6-9-13-19)20-14-10-7-11-15-20;1-4-29-15-30-20(22(29)37)26(41-29)35-16-31-21-23(35)32-27(33-24(38)17(2)3)34-25(21)40-28(39)36(18-11-7-5-8-12-18)19-13-9-6-10-14-19/h12-21,25-29,33-34,38H,11,22-24H2,1-9H3,(H,45,54)(H,46,47,48,53);6-15,17-18,22-23,27,40H,5,16H2,1-4H3,(H,32,42)(H,34,35,36,41);5-14,16-17,20,22,26,30,37H,4,15H2,1-3H3,(H,32,33,34,38)/t33-,34+,38-,42+,60?;22-,23+,27-,31+;20-,22+,26-,29+/m111/s1. The molecule has 12 aromatic rings. The summed E-state index contributed by atoms with van der Waals surface area (Å²) in [6, 6.07) is 51.6. The van der Waals surface area contributed by atoms with Gasteiger partial charge in [0.2, 0.25) is 42.1 Å². The Balaban J connectivity index is 0.000000160. The van der Waals surface area contributed by atoms with Crippen molar-refractivity contribution in [3.63, 3.8) is 0 Å². The number of hydrogen-bond donors (Lipinski definition) is 8. The number of aromatic nitrogens is 12. The highest BCUT2D eigenvalue weighted by Crippen LogP contribution is 2.58. The van der Waals surface area contributed by atoms with Gasteiger partial charge in [0.15, 0.2) is 52.2 Å². The molecule has 8 N–H and O–H groups in total. The number of imidazole rings is 3. The molecule has 6 aliphatic rings. The summed E-state index contributed by atoms with van der Waals surface area (Å²) in [4.78, 5) is 159. The average Bonchev–Trinajstić information content (AvgIpc) is 1.54. The van der Waals surface area contributed by atoms with Crippen molar-refractivity contribution in [2.75, 3.05) is 70.5 Å². The number of fused-ring (bicyclic) bond motifs is 9. The number of aliphatic hydroxyl groups excluding tert-OH is 2. The Labute approximate surface area is 844 Å². The molecule has 6 saturated heterocycles. The van der Waals surface area contributed by atoms with Gasteiger partial charge in [-0.3, -0.25) is 44.0 Å². The fourth-order valence-electron chi connectivity index (χ4n) is 18.5. The quantitative estimate of drug-likeness (QED) is 0.0118. The van der Waals surface area contributed by atoms with Crippen LogP contribution >= 0.6 is 8.53 Å². The number of benzene rings is 6. The topological polar surface area (TPSA) is 478 Å². The molecule has 6 aromatic heterocycles. The molecule has 0 radical (unpaired) electrons. The van der Waals surface area contributed by atoms with Crippen molar-refractivity contribution in [1.82, 2.24) is 89.0 Å². The summed E-state index contributed by atoms with van der Waals surface area (Å²) in [5.74, 6) is -2.96. The van der Waals surface area contributed by atoms with Crippen LogP contribution in [0.1, 0.15) is 142 Å². The summed E-state index contributed by atoms with van der Waals surface area (Å²) in [5, 5.41) is 39.3. The average molecular weight is 2020 g/mol. The number of para-hydroxylation sites is 6. The summed E-state index contributed by atoms with van der Waals surface area (Å²) in [7, 11) is -0.211. The second-order valence-corrected chi connectivity index (χ2v) is 39.0. The van der Waals surface area contributed by atoms with E-state index in [2.05, 4.69) is 109 Å². The SMILES string of the molecule is CC[C@@]12CN(C(=O)NC)[C@@H]([C@H](n3cnc4c(OC(=O)N(c5ccccc5)c5ccccc5)nc(NC(=O)C(C)C)nc43)O1)[C@@H]2O.CC[C@@]12CN[C@@H]([C@H](n3cnc4c(OC(=O)N(c5ccccc5)c5ccccc5)nc(NC(=O)C(C)C)nc43)O1)[C@@H]2O.[C-]#[N+]CCOP(O[C@H]1[C@@H]2[C@H](n3cnc4c(OC(=O)N(c5ccccc5)c5ccccc5)nc(NC(=O)C(C)C)nc43)O[C@@]1(CC)CN2C(=O)NC(C)C)N(C(C)C)C(C)C. The van der Waals surface area contributed by atoms with Gasteiger partial charge < -0.3 is 78.3 Å². The highest BCUT2D eigenvalue weighted by atomic mass is 31.2. The maximum absolute atomic E-state index is 14.2. The first-order valence-corrected chi connectivity index (χ1v) is 49.7. The van der Waals surface area contributed by atoms with Crippen LogP contribution < -0.4 is 60.8 Å². The lowest BCUT2D eigenvalue weighted by Crippen LogP contribution is -2.52. The lowest BCUT2D eigenvalue weighted by Gasteiger charge is -2.38. The molecule has 1 unspecified atom stereocenters. The lowest BCUT2D eigenvalue weighted by molar-refractivity contribution is -0.128. The van der Waals surface area contributed by atoms with Crippen LogP contribution in [0.4, 0.5) is 75.9 Å². The van der Waals surface area contributed by atoms with Gasteiger partial charge in [0.05, 0.1) is 72.2 Å². The first-order chi connectivity index (χ1) is 70.2. The molecule has 0 aliphatic carbocycles. The van der Waals surface area contributed by atoms with E-state index in [1.54, 1.807) is 157 Å². The summed E-state index contributed by atoms with van der Waals surface area (Å²) < 4.78 is 58.1. The smallest absolute Gasteiger partial charge is 0.388 e. The minimum atomic E-state index is -1.73. The van der Waals surface area contributed by atoms with Gasteiger partial charge in [0.1, 0.15) is 53.8 Å². The molecule has 6 fully saturated rings. The summed E-state index contributed by atoms with van der Waals surface area (Å²) in [5.41, 5.74) is 1.76. The number of anilines is 9. The summed E-state index contributed by atoms with van der Waals surface area (Å²) in [6.45, 7) is 37.0. The van der Waals surface area contributed by atoms with E-state index in [1.165, 1.54) is 45.6 Å². The zero-order valence-electron chi connectivity index (χ0n) is 83.7. The number of amides is 10. The molecule has 13 atom stereocenters. The molecule has 766 valence electrons. The minimum Gasteiger partial charge on any atom is -0.388 e. The monoisotopic (exact) mass is 2010 g/mol. The maximum Gasteiger partial charge on any atom is 0.425 e. The Hall–Kier alpha value is -14.7. The number of rotatable bonds is 30. The van der Waals surface area contributed by atoms with Crippen molar-refractivity contribution in [3.05, 3.63) is 212 Å². The Bertz CT molecular complexity index is 6610. The predicted molar refractivity (Wildman–Crippen MR) is 543 cm³/mol. The van der Waals surface area contributed by atoms with E-state index in [9.17, 15) is 48.6 Å². The number of morpholine rings is 3. The molecule has 18 rings (SSSR count). The number of hydrogen-bond acceptors (Lipinski definition) is 29. The number of urea groups is 2. The van der Waals surface area contributed by atoms with Crippen molar-refractivity contribution in [2.24, 2.45) is 17.8 Å². The van der Waals surface area contributed by atoms with Gasteiger partial charge in [-0.05, 0) is 134 Å². The molecule has 44 heteroatoms. The third-order valence-electron chi connectivity index (χ3n) is 26.0. The third-order valence-corrected chi connectivity index (χ3v) is 28.1. The van der Waals surface area contributed by atoms with Gasteiger partial charge in [-0.2, -0.15) is 29.9 Å². The third kappa shape index (κ3) is 21.1. The predicted octanol–water partition coefficient (Wildman–Crippen LogP) is 15.5. The van der Waals surface area contributed by atoms with Crippen LogP contribution in [0.15, 0.2) is 201 Å². The number of ether oxygens (including phenoxy) is 6. The van der Waals surface area contributed by atoms with Crippen LogP contribution in [0.2, 0.25) is 0 Å². The van der Waals surface area contributed by atoms with Gasteiger partial charge in [-0.1, -0.05) is 172 Å². The number of nitrogens with one attached hydrogen (secondary N) is 6. The Morgan fingerprint density at radius 1 is 0.466 bits per heavy atom. The Kier molecular flexibility index (Phi) is 31.7. The van der Waals surface area contributed by atoms with Crippen molar-refractivity contribution >= 4 is 142 Å². The van der Waals surface area contributed by atoms with Gasteiger partial charge in [0, 0.05) is 49.5 Å². The molecule has 43 nitrogen and oxygen atoms in total. The Morgan fingerprint density at radius 3 is 1.12 bits per heavy atom. The van der Waals surface area contributed by atoms with Crippen LogP contribution in [-0.4, -0.2) is 243 Å². The van der Waals surface area contributed by atoms with Crippen molar-refractivity contribution in [2.45, 2.75) is 213 Å². The van der Waals surface area contributed by atoms with Crippen LogP contribution in [0.25, 0.3) is 38.3 Å². The summed E-state index contributed by atoms with van der Waals surface area (Å²) >= 11 is 0. The molecule has 6 aromatic carbocycles. The zero-order chi connectivity index (χ0) is 104. The van der Waals surface area contributed by atoms with E-state index in [0.29, 0.717) is 59.9 Å². The molecule has 146 heavy (non-hydrogen) atoms. The van der Waals surface area contributed by atoms with E-state index in [-0.39, 0.29) is 155 Å². The first-order valence-electron chi connectivity index (χ1n) is 48.6. The van der Waals surface area contributed by atoms with E-state index in [1.807, 2.05) is 120 Å². The zero-order valence-corrected chi connectivity index (χ0v) is 84.6. The van der Waals surface area contributed by atoms with Crippen molar-refractivity contribution in [3.8, 4) is 17.6 Å². The van der Waals surface area contributed by atoms with E-state index in [4.69, 9.17) is 49.0 Å². The largest absolute Gasteiger partial charge is 0.425 e. The van der Waals surface area contributed by atoms with Gasteiger partial charge in [-0.15, -0.1) is 0 Å². The van der Waals surface area contributed by atoms with Crippen molar-refractivity contribution in [1.29, 1.82) is 0 Å². The highest BCUT2D eigenvalue weighted by molar-refractivity contribution is 7.44. The number of carbonyl (C=O) groups excluding carboxylic acids is 8. The molecule has 0 saturated carbocycles. The first kappa shape index (κ1) is 104. The highest BCUT2D eigenvalue weighted by Gasteiger charge is 2.68. The number of nitrogens with zero attached hydrogens (tertiary/aromatic N) is 19. The van der Waals surface area contributed by atoms with Crippen LogP contribution in [0.5, 0.6) is 17.6 Å². The Morgan fingerprint density at radius 2 is 0.801 bits per heavy atom. The van der Waals surface area contributed by atoms with Crippen LogP contribution in [0, 0.1) is 24.3 Å². The molecular formula is C102H120N25O18P. The fraction of sp³-hybridized carbons (Fsp3) is 0.412. The molecule has 12 heterocycles. The van der Waals surface area contributed by atoms with Crippen molar-refractivity contribution < 1.29 is 86.0 Å². The van der Waals surface area contributed by atoms with E-state index >= 15 is 0 Å². The number of carbonyl (C=O) groups is 8. The number of likely N-dealkylation sites (tertiary alicyclic amines) is 2. The molecule has 0 spiro atoms. The van der Waals surface area contributed by atoms with Gasteiger partial charge in [-0.25, -0.2) is 64.9 Å². The summed E-state index contributed by atoms with van der Waals surface area (Å²) in [6.07, 6.45) is -1.10. The van der Waals surface area contributed by atoms with Gasteiger partial charge >= 0.3 is 30.3 Å². The normalized spacial score (nSPS) is 21.7. The van der Waals surface area contributed by atoms with Gasteiger partial charge in [0.25, 0.3) is 26.2 Å². The molecule has 6 aliphatic heterocycles. The second kappa shape index (κ2) is 44.5. The van der Waals surface area contributed by atoms with E-state index < -0.39 is 105 Å². The van der Waals surface area contributed by atoms with Crippen LogP contribution in [-0.2, 0) is 37.6 Å². The molecule has 10 amide bonds. The number of aliphatic hydroxyl groups is 2.